The highest BCUT2D eigenvalue weighted by Gasteiger charge is 2.26. The zero-order valence-corrected chi connectivity index (χ0v) is 13.0. The summed E-state index contributed by atoms with van der Waals surface area (Å²) in [5, 5.41) is 1.84. The fourth-order valence-electron chi connectivity index (χ4n) is 2.76. The lowest BCUT2D eigenvalue weighted by atomic mass is 10.1. The van der Waals surface area contributed by atoms with Crippen molar-refractivity contribution >= 4 is 28.8 Å². The largest absolute Gasteiger partial charge is 0.301 e. The van der Waals surface area contributed by atoms with E-state index in [2.05, 4.69) is 20.4 Å². The average Bonchev–Trinajstić information content (AvgIpc) is 3.06. The van der Waals surface area contributed by atoms with Gasteiger partial charge < -0.3 is 4.79 Å². The molecule has 2 aromatic heterocycles. The molecule has 0 aliphatic carbocycles. The number of fused-ring (bicyclic) bond motifs is 1. The van der Waals surface area contributed by atoms with Gasteiger partial charge in [-0.05, 0) is 37.3 Å². The van der Waals surface area contributed by atoms with Crippen LogP contribution >= 0.6 is 0 Å². The molecule has 6 nitrogen and oxygen atoms in total. The van der Waals surface area contributed by atoms with Crippen molar-refractivity contribution in [3.8, 4) is 0 Å². The maximum absolute atomic E-state index is 11.3. The Balaban J connectivity index is 1.80. The molecule has 0 bridgehead atoms. The van der Waals surface area contributed by atoms with Gasteiger partial charge in [0.05, 0.1) is 16.7 Å². The fraction of sp³-hybridized carbons (Fsp3) is 0.111. The third-order valence-electron chi connectivity index (χ3n) is 3.87. The summed E-state index contributed by atoms with van der Waals surface area (Å²) in [6, 6.07) is 11.3. The third kappa shape index (κ3) is 2.53. The number of pyridine rings is 1. The first-order chi connectivity index (χ1) is 11.7. The molecule has 0 saturated carbocycles. The first-order valence-corrected chi connectivity index (χ1v) is 7.63. The highest BCUT2D eigenvalue weighted by Crippen LogP contribution is 2.29. The van der Waals surface area contributed by atoms with E-state index in [4.69, 9.17) is 0 Å². The number of benzene rings is 1. The molecule has 24 heavy (non-hydrogen) atoms. The SMILES string of the molecule is Cc1cccc(N2NC(C=O)C=C2c2ccc3nccnc3c2)n1. The Labute approximate surface area is 138 Å². The van der Waals surface area contributed by atoms with E-state index in [-0.39, 0.29) is 6.04 Å². The number of hydrogen-bond donors (Lipinski definition) is 1. The molecule has 1 atom stereocenters. The van der Waals surface area contributed by atoms with Crippen LogP contribution < -0.4 is 10.4 Å². The van der Waals surface area contributed by atoms with Gasteiger partial charge in [-0.15, -0.1) is 0 Å². The summed E-state index contributed by atoms with van der Waals surface area (Å²) in [7, 11) is 0. The number of aryl methyl sites for hydroxylation is 1. The molecule has 6 heteroatoms. The molecule has 118 valence electrons. The molecular weight excluding hydrogens is 302 g/mol. The molecule has 1 aliphatic rings. The van der Waals surface area contributed by atoms with Gasteiger partial charge >= 0.3 is 0 Å². The number of nitrogens with zero attached hydrogens (tertiary/aromatic N) is 4. The van der Waals surface area contributed by atoms with Crippen molar-refractivity contribution < 1.29 is 4.79 Å². The van der Waals surface area contributed by atoms with Crippen molar-refractivity contribution in [1.82, 2.24) is 20.4 Å². The van der Waals surface area contributed by atoms with E-state index in [9.17, 15) is 4.79 Å². The summed E-state index contributed by atoms with van der Waals surface area (Å²) in [5.74, 6) is 0.741. The average molecular weight is 317 g/mol. The van der Waals surface area contributed by atoms with Crippen LogP contribution in [0.5, 0.6) is 0 Å². The number of aldehydes is 1. The lowest BCUT2D eigenvalue weighted by molar-refractivity contribution is -0.108. The summed E-state index contributed by atoms with van der Waals surface area (Å²) in [4.78, 5) is 24.4. The third-order valence-corrected chi connectivity index (χ3v) is 3.87. The summed E-state index contributed by atoms with van der Waals surface area (Å²) < 4.78 is 0. The first-order valence-electron chi connectivity index (χ1n) is 7.63. The molecule has 3 aromatic rings. The summed E-state index contributed by atoms with van der Waals surface area (Å²) in [6.07, 6.45) is 6.09. The zero-order chi connectivity index (χ0) is 16.5. The van der Waals surface area contributed by atoms with Gasteiger partial charge in [-0.2, -0.15) is 0 Å². The zero-order valence-electron chi connectivity index (χ0n) is 13.0. The van der Waals surface area contributed by atoms with Gasteiger partial charge in [0, 0.05) is 23.7 Å². The summed E-state index contributed by atoms with van der Waals surface area (Å²) in [6.45, 7) is 1.94. The Morgan fingerprint density at radius 1 is 1.12 bits per heavy atom. The number of rotatable bonds is 3. The minimum atomic E-state index is -0.389. The van der Waals surface area contributed by atoms with Crippen LogP contribution in [0.25, 0.3) is 16.7 Å². The van der Waals surface area contributed by atoms with Gasteiger partial charge in [0.15, 0.2) is 0 Å². The second kappa shape index (κ2) is 5.82. The normalized spacial score (nSPS) is 17.1. The van der Waals surface area contributed by atoms with E-state index in [1.54, 1.807) is 12.4 Å². The van der Waals surface area contributed by atoms with Crippen molar-refractivity contribution in [3.63, 3.8) is 0 Å². The monoisotopic (exact) mass is 317 g/mol. The van der Waals surface area contributed by atoms with Gasteiger partial charge in [0.2, 0.25) is 0 Å². The Kier molecular flexibility index (Phi) is 3.51. The molecule has 1 N–H and O–H groups in total. The Bertz CT molecular complexity index is 953. The quantitative estimate of drug-likeness (QED) is 0.747. The van der Waals surface area contributed by atoms with Crippen molar-refractivity contribution in [1.29, 1.82) is 0 Å². The predicted octanol–water partition coefficient (Wildman–Crippen LogP) is 2.27. The van der Waals surface area contributed by atoms with Crippen molar-refractivity contribution in [2.75, 3.05) is 5.01 Å². The standard InChI is InChI=1S/C18H15N5O/c1-12-3-2-4-18(21-12)23-17(10-14(11-24)22-23)13-5-6-15-16(9-13)20-8-7-19-15/h2-11,14,22H,1H3. The van der Waals surface area contributed by atoms with Crippen LogP contribution in [0, 0.1) is 6.92 Å². The minimum absolute atomic E-state index is 0.389. The smallest absolute Gasteiger partial charge is 0.147 e. The van der Waals surface area contributed by atoms with E-state index in [0.717, 1.165) is 40.1 Å². The van der Waals surface area contributed by atoms with Crippen LogP contribution in [-0.2, 0) is 4.79 Å². The van der Waals surface area contributed by atoms with Gasteiger partial charge in [0.1, 0.15) is 18.1 Å². The predicted molar refractivity (Wildman–Crippen MR) is 92.0 cm³/mol. The fourth-order valence-corrected chi connectivity index (χ4v) is 2.76. The van der Waals surface area contributed by atoms with Gasteiger partial charge in [-0.1, -0.05) is 12.1 Å². The molecule has 0 amide bonds. The van der Waals surface area contributed by atoms with E-state index < -0.39 is 0 Å². The molecule has 0 fully saturated rings. The second-order valence-electron chi connectivity index (χ2n) is 5.58. The number of hydrogen-bond acceptors (Lipinski definition) is 6. The van der Waals surface area contributed by atoms with Crippen LogP contribution in [0.4, 0.5) is 5.82 Å². The number of carbonyl (C=O) groups is 1. The number of nitrogens with one attached hydrogen (secondary N) is 1. The number of anilines is 1. The summed E-state index contributed by atoms with van der Waals surface area (Å²) in [5.41, 5.74) is 7.53. The van der Waals surface area contributed by atoms with Crippen LogP contribution in [0.2, 0.25) is 0 Å². The topological polar surface area (TPSA) is 71.0 Å². The van der Waals surface area contributed by atoms with Gasteiger partial charge in [-0.25, -0.2) is 10.4 Å². The molecule has 3 heterocycles. The van der Waals surface area contributed by atoms with E-state index >= 15 is 0 Å². The highest BCUT2D eigenvalue weighted by molar-refractivity contribution is 5.88. The van der Waals surface area contributed by atoms with Crippen LogP contribution in [0.15, 0.2) is 54.9 Å². The molecule has 0 saturated heterocycles. The maximum atomic E-state index is 11.3. The molecule has 4 rings (SSSR count). The highest BCUT2D eigenvalue weighted by atomic mass is 16.1. The number of hydrazine groups is 1. The molecular formula is C18H15N5O. The number of carbonyl (C=O) groups excluding carboxylic acids is 1. The Morgan fingerprint density at radius 3 is 2.75 bits per heavy atom. The van der Waals surface area contributed by atoms with Gasteiger partial charge in [-0.3, -0.25) is 15.0 Å². The maximum Gasteiger partial charge on any atom is 0.147 e. The second-order valence-corrected chi connectivity index (χ2v) is 5.58. The number of aromatic nitrogens is 3. The van der Waals surface area contributed by atoms with Crippen molar-refractivity contribution in [2.45, 2.75) is 13.0 Å². The van der Waals surface area contributed by atoms with E-state index in [1.165, 1.54) is 0 Å². The van der Waals surface area contributed by atoms with Crippen molar-refractivity contribution in [2.24, 2.45) is 0 Å². The Hall–Kier alpha value is -3.12. The molecule has 1 unspecified atom stereocenters. The van der Waals surface area contributed by atoms with Gasteiger partial charge in [0.25, 0.3) is 0 Å². The lowest BCUT2D eigenvalue weighted by Gasteiger charge is -2.22. The van der Waals surface area contributed by atoms with Crippen LogP contribution in [-0.4, -0.2) is 27.3 Å². The molecule has 1 aromatic carbocycles. The van der Waals surface area contributed by atoms with Crippen molar-refractivity contribution in [3.05, 3.63) is 66.1 Å². The lowest BCUT2D eigenvalue weighted by Crippen LogP contribution is -2.38. The minimum Gasteiger partial charge on any atom is -0.301 e. The molecule has 1 aliphatic heterocycles. The summed E-state index contributed by atoms with van der Waals surface area (Å²) >= 11 is 0. The van der Waals surface area contributed by atoms with E-state index in [1.807, 2.05) is 54.4 Å². The van der Waals surface area contributed by atoms with Crippen LogP contribution in [0.3, 0.4) is 0 Å². The van der Waals surface area contributed by atoms with E-state index in [0.29, 0.717) is 0 Å². The van der Waals surface area contributed by atoms with Crippen LogP contribution in [0.1, 0.15) is 11.3 Å². The Morgan fingerprint density at radius 2 is 1.96 bits per heavy atom. The molecule has 0 spiro atoms. The first kappa shape index (κ1) is 14.5. The molecule has 0 radical (unpaired) electrons.